The minimum absolute atomic E-state index is 0.0202. The molecular weight excluding hydrogens is 420 g/mol. The second kappa shape index (κ2) is 9.46. The third-order valence-electron chi connectivity index (χ3n) is 5.26. The zero-order valence-electron chi connectivity index (χ0n) is 18.1. The standard InChI is InChI=1S/C23H27F2N3O2S/c1-14-10-15(2)12-17(11-14)23(8-5-9-26)28(22(29)16(3)30-4)27-21(31-23)19-13-18(24)6-7-20(19)25/h6-7,10-13,16H,5,8-9,26H2,1-4H3/t16-,23?/m0/s1. The molecule has 1 amide bonds. The fraction of sp³-hybridized carbons (Fsp3) is 0.391. The van der Waals surface area contributed by atoms with Gasteiger partial charge in [0.05, 0.1) is 0 Å². The van der Waals surface area contributed by atoms with E-state index in [0.29, 0.717) is 19.4 Å². The fourth-order valence-corrected chi connectivity index (χ4v) is 5.10. The summed E-state index contributed by atoms with van der Waals surface area (Å²) >= 11 is 1.25. The van der Waals surface area contributed by atoms with Crippen molar-refractivity contribution in [3.8, 4) is 0 Å². The van der Waals surface area contributed by atoms with E-state index in [1.165, 1.54) is 23.9 Å². The number of nitrogens with zero attached hydrogens (tertiary/aromatic N) is 2. The number of aryl methyl sites for hydroxylation is 2. The van der Waals surface area contributed by atoms with Crippen LogP contribution in [-0.4, -0.2) is 35.7 Å². The van der Waals surface area contributed by atoms with Crippen LogP contribution < -0.4 is 5.73 Å². The molecule has 0 aliphatic carbocycles. The maximum Gasteiger partial charge on any atom is 0.273 e. The number of carbonyl (C=O) groups excluding carboxylic acids is 1. The van der Waals surface area contributed by atoms with Crippen molar-refractivity contribution in [3.05, 3.63) is 70.3 Å². The van der Waals surface area contributed by atoms with E-state index in [2.05, 4.69) is 5.10 Å². The van der Waals surface area contributed by atoms with E-state index in [9.17, 15) is 13.6 Å². The number of benzene rings is 2. The first kappa shape index (κ1) is 23.4. The van der Waals surface area contributed by atoms with Crippen LogP contribution in [0.3, 0.4) is 0 Å². The van der Waals surface area contributed by atoms with E-state index in [4.69, 9.17) is 10.5 Å². The van der Waals surface area contributed by atoms with Crippen molar-refractivity contribution in [3.63, 3.8) is 0 Å². The minimum atomic E-state index is -0.950. The molecule has 3 rings (SSSR count). The zero-order valence-corrected chi connectivity index (χ0v) is 18.9. The van der Waals surface area contributed by atoms with Crippen molar-refractivity contribution in [2.75, 3.05) is 13.7 Å². The lowest BCUT2D eigenvalue weighted by molar-refractivity contribution is -0.144. The van der Waals surface area contributed by atoms with Crippen molar-refractivity contribution >= 4 is 22.7 Å². The van der Waals surface area contributed by atoms with Crippen molar-refractivity contribution in [1.82, 2.24) is 5.01 Å². The number of methoxy groups -OCH3 is 1. The molecule has 31 heavy (non-hydrogen) atoms. The molecule has 0 saturated carbocycles. The Morgan fingerprint density at radius 1 is 1.23 bits per heavy atom. The Bertz CT molecular complexity index is 994. The molecule has 0 spiro atoms. The average molecular weight is 448 g/mol. The van der Waals surface area contributed by atoms with Gasteiger partial charge in [-0.2, -0.15) is 5.10 Å². The van der Waals surface area contributed by atoms with E-state index < -0.39 is 22.6 Å². The molecule has 2 aromatic carbocycles. The molecule has 0 aromatic heterocycles. The van der Waals surface area contributed by atoms with Crippen LogP contribution in [0, 0.1) is 25.5 Å². The summed E-state index contributed by atoms with van der Waals surface area (Å²) in [6.45, 7) is 6.01. The Hall–Kier alpha value is -2.29. The number of hydrazone groups is 1. The topological polar surface area (TPSA) is 67.9 Å². The molecule has 2 atom stereocenters. The van der Waals surface area contributed by atoms with Gasteiger partial charge in [0.15, 0.2) is 0 Å². The Morgan fingerprint density at radius 3 is 2.52 bits per heavy atom. The molecule has 2 aromatic rings. The SMILES string of the molecule is CO[C@@H](C)C(=O)N1N=C(c2cc(F)ccc2F)SC1(CCCN)c1cc(C)cc(C)c1. The number of rotatable bonds is 7. The lowest BCUT2D eigenvalue weighted by Gasteiger charge is -2.37. The van der Waals surface area contributed by atoms with E-state index in [1.807, 2.05) is 32.0 Å². The summed E-state index contributed by atoms with van der Waals surface area (Å²) in [5.74, 6) is -1.54. The molecule has 2 N–H and O–H groups in total. The normalized spacial score (nSPS) is 19.5. The molecule has 0 bridgehead atoms. The maximum absolute atomic E-state index is 14.6. The highest BCUT2D eigenvalue weighted by Gasteiger charge is 2.49. The van der Waals surface area contributed by atoms with Crippen LogP contribution in [0.5, 0.6) is 0 Å². The van der Waals surface area contributed by atoms with Crippen molar-refractivity contribution in [2.24, 2.45) is 10.8 Å². The molecule has 0 fully saturated rings. The number of hydrogen-bond acceptors (Lipinski definition) is 5. The number of hydrogen-bond donors (Lipinski definition) is 1. The van der Waals surface area contributed by atoms with Gasteiger partial charge in [0.25, 0.3) is 5.91 Å². The minimum Gasteiger partial charge on any atom is -0.372 e. The van der Waals surface area contributed by atoms with Gasteiger partial charge < -0.3 is 10.5 Å². The third-order valence-corrected chi connectivity index (χ3v) is 6.71. The highest BCUT2D eigenvalue weighted by atomic mass is 32.2. The number of thioether (sulfide) groups is 1. The zero-order chi connectivity index (χ0) is 22.8. The number of nitrogens with two attached hydrogens (primary N) is 1. The molecule has 8 heteroatoms. The highest BCUT2D eigenvalue weighted by molar-refractivity contribution is 8.15. The fourth-order valence-electron chi connectivity index (χ4n) is 3.69. The van der Waals surface area contributed by atoms with Gasteiger partial charge in [-0.15, -0.1) is 0 Å². The lowest BCUT2D eigenvalue weighted by Crippen LogP contribution is -2.46. The Balaban J connectivity index is 2.21. The van der Waals surface area contributed by atoms with Gasteiger partial charge in [0.2, 0.25) is 0 Å². The molecule has 0 radical (unpaired) electrons. The smallest absolute Gasteiger partial charge is 0.273 e. The molecule has 1 heterocycles. The number of carbonyl (C=O) groups is 1. The predicted octanol–water partition coefficient (Wildman–Crippen LogP) is 4.45. The van der Waals surface area contributed by atoms with Crippen LogP contribution in [-0.2, 0) is 14.4 Å². The van der Waals surface area contributed by atoms with E-state index in [1.54, 1.807) is 6.92 Å². The summed E-state index contributed by atoms with van der Waals surface area (Å²) in [6, 6.07) is 9.25. The molecule has 1 aliphatic heterocycles. The van der Waals surface area contributed by atoms with Gasteiger partial charge in [0.1, 0.15) is 27.7 Å². The van der Waals surface area contributed by atoms with Crippen LogP contribution in [0.2, 0.25) is 0 Å². The van der Waals surface area contributed by atoms with E-state index in [0.717, 1.165) is 34.9 Å². The first-order valence-corrected chi connectivity index (χ1v) is 10.9. The molecule has 1 aliphatic rings. The molecule has 1 unspecified atom stereocenters. The van der Waals surface area contributed by atoms with Gasteiger partial charge in [-0.3, -0.25) is 4.79 Å². The average Bonchev–Trinajstić information content (AvgIpc) is 3.12. The van der Waals surface area contributed by atoms with Crippen LogP contribution in [0.25, 0.3) is 0 Å². The Kier molecular flexibility index (Phi) is 7.13. The summed E-state index contributed by atoms with van der Waals surface area (Å²) in [5.41, 5.74) is 8.75. The molecule has 5 nitrogen and oxygen atoms in total. The maximum atomic E-state index is 14.6. The summed E-state index contributed by atoms with van der Waals surface area (Å²) in [7, 11) is 1.45. The van der Waals surface area contributed by atoms with E-state index in [-0.39, 0.29) is 16.5 Å². The van der Waals surface area contributed by atoms with E-state index >= 15 is 0 Å². The third kappa shape index (κ3) is 4.66. The summed E-state index contributed by atoms with van der Waals surface area (Å²) in [6.07, 6.45) is 0.340. The van der Waals surface area contributed by atoms with Crippen LogP contribution in [0.4, 0.5) is 8.78 Å². The first-order chi connectivity index (χ1) is 14.7. The molecular formula is C23H27F2N3O2S. The number of halogens is 2. The van der Waals surface area contributed by atoms with Crippen LogP contribution in [0.1, 0.15) is 42.0 Å². The monoisotopic (exact) mass is 447 g/mol. The summed E-state index contributed by atoms with van der Waals surface area (Å²) in [4.78, 5) is 12.4. The Labute approximate surface area is 185 Å². The quantitative estimate of drug-likeness (QED) is 0.681. The van der Waals surface area contributed by atoms with Gasteiger partial charge in [-0.1, -0.05) is 41.1 Å². The summed E-state index contributed by atoms with van der Waals surface area (Å²) in [5, 5.41) is 6.12. The van der Waals surface area contributed by atoms with Gasteiger partial charge in [-0.05, 0) is 63.9 Å². The highest BCUT2D eigenvalue weighted by Crippen LogP contribution is 2.51. The van der Waals surface area contributed by atoms with Gasteiger partial charge in [0, 0.05) is 12.7 Å². The van der Waals surface area contributed by atoms with Crippen molar-refractivity contribution in [1.29, 1.82) is 0 Å². The second-order valence-corrected chi connectivity index (χ2v) is 8.98. The summed E-state index contributed by atoms with van der Waals surface area (Å²) < 4.78 is 33.8. The van der Waals surface area contributed by atoms with Crippen molar-refractivity contribution in [2.45, 2.75) is 44.6 Å². The van der Waals surface area contributed by atoms with Gasteiger partial charge in [-0.25, -0.2) is 13.8 Å². The number of amides is 1. The predicted molar refractivity (Wildman–Crippen MR) is 120 cm³/mol. The van der Waals surface area contributed by atoms with Crippen LogP contribution in [0.15, 0.2) is 41.5 Å². The van der Waals surface area contributed by atoms with Crippen molar-refractivity contribution < 1.29 is 18.3 Å². The molecule has 0 saturated heterocycles. The Morgan fingerprint density at radius 2 is 1.90 bits per heavy atom. The molecule has 166 valence electrons. The number of ether oxygens (including phenoxy) is 1. The lowest BCUT2D eigenvalue weighted by atomic mass is 9.96. The largest absolute Gasteiger partial charge is 0.372 e. The first-order valence-electron chi connectivity index (χ1n) is 10.1. The second-order valence-electron chi connectivity index (χ2n) is 7.71. The van der Waals surface area contributed by atoms with Crippen LogP contribution >= 0.6 is 11.8 Å². The van der Waals surface area contributed by atoms with Gasteiger partial charge >= 0.3 is 0 Å².